The molecule has 1 aliphatic rings. The number of rotatable bonds is 6. The molecular formula is C30H49N5O. The van der Waals surface area contributed by atoms with Crippen LogP contribution in [0, 0.1) is 6.92 Å². The number of anilines is 1. The number of Topliss-reactive ketones (excluding diaryl/α,β-unsaturated/α-hetero) is 1. The normalized spacial score (nSPS) is 12.5. The Bertz CT molecular complexity index is 1020. The van der Waals surface area contributed by atoms with E-state index in [0.717, 1.165) is 57.5 Å². The first-order valence-electron chi connectivity index (χ1n) is 13.7. The predicted molar refractivity (Wildman–Crippen MR) is 155 cm³/mol. The van der Waals surface area contributed by atoms with Crippen LogP contribution in [0.15, 0.2) is 36.8 Å². The van der Waals surface area contributed by atoms with Gasteiger partial charge in [-0.2, -0.15) is 0 Å². The Labute approximate surface area is 219 Å². The minimum absolute atomic E-state index is 0.289. The highest BCUT2D eigenvalue weighted by molar-refractivity contribution is 5.79. The number of hydrogen-bond acceptors (Lipinski definition) is 5. The maximum Gasteiger partial charge on any atom is 0.139 e. The van der Waals surface area contributed by atoms with Gasteiger partial charge in [0.05, 0.1) is 0 Å². The van der Waals surface area contributed by atoms with Crippen LogP contribution in [-0.4, -0.2) is 46.5 Å². The summed E-state index contributed by atoms with van der Waals surface area (Å²) in [5.74, 6) is 0.289. The van der Waals surface area contributed by atoms with E-state index >= 15 is 0 Å². The van der Waals surface area contributed by atoms with Crippen LogP contribution in [-0.2, 0) is 24.7 Å². The van der Waals surface area contributed by atoms with Crippen molar-refractivity contribution in [1.29, 1.82) is 0 Å². The second kappa shape index (κ2) is 17.7. The van der Waals surface area contributed by atoms with E-state index in [-0.39, 0.29) is 5.78 Å². The molecule has 6 heteroatoms. The van der Waals surface area contributed by atoms with Crippen LogP contribution in [0.1, 0.15) is 77.6 Å². The molecule has 1 fully saturated rings. The first-order valence-corrected chi connectivity index (χ1v) is 13.7. The number of carbonyl (C=O) groups excluding carboxylic acids is 1. The number of carbonyl (C=O) groups is 1. The van der Waals surface area contributed by atoms with Crippen molar-refractivity contribution >= 4 is 22.5 Å². The lowest BCUT2D eigenvalue weighted by molar-refractivity contribution is -0.117. The van der Waals surface area contributed by atoms with Crippen molar-refractivity contribution in [3.05, 3.63) is 53.6 Å². The molecule has 0 aliphatic carbocycles. The average molecular weight is 496 g/mol. The molecule has 0 saturated carbocycles. The van der Waals surface area contributed by atoms with Gasteiger partial charge in [0, 0.05) is 75.0 Å². The number of fused-ring (bicyclic) bond motifs is 1. The molecule has 36 heavy (non-hydrogen) atoms. The maximum absolute atomic E-state index is 10.0. The molecule has 1 aliphatic heterocycles. The third-order valence-corrected chi connectivity index (χ3v) is 6.05. The van der Waals surface area contributed by atoms with E-state index in [0.29, 0.717) is 0 Å². The minimum Gasteiger partial charge on any atom is -0.369 e. The van der Waals surface area contributed by atoms with Crippen LogP contribution in [0.4, 0.5) is 5.69 Å². The lowest BCUT2D eigenvalue weighted by Gasteiger charge is -2.31. The van der Waals surface area contributed by atoms with E-state index in [1.807, 2.05) is 40.2 Å². The molecule has 3 aromatic heterocycles. The van der Waals surface area contributed by atoms with Crippen molar-refractivity contribution < 1.29 is 4.79 Å². The highest BCUT2D eigenvalue weighted by atomic mass is 16.1. The Balaban J connectivity index is 0.000000286. The van der Waals surface area contributed by atoms with Gasteiger partial charge in [-0.25, -0.2) is 4.98 Å². The van der Waals surface area contributed by atoms with Gasteiger partial charge in [-0.05, 0) is 62.4 Å². The van der Waals surface area contributed by atoms with Gasteiger partial charge >= 0.3 is 0 Å². The molecule has 4 heterocycles. The zero-order chi connectivity index (χ0) is 26.9. The first kappa shape index (κ1) is 31.3. The van der Waals surface area contributed by atoms with Crippen LogP contribution in [0.5, 0.6) is 0 Å². The standard InChI is InChI=1S/C13H21N3.C10H12N2.C5H10O.C2H6/c1-3-4-12-11(2)15-6-5-13(12)16-9-7-14-8-10-16;1-3-8-4-6-11-10-9(8)5-7-12(10)2;1-3-4-5(2)6;1-2/h5-6,14H,3-4,7-10H2,1-2H3;4-7H,3H2,1-2H3;3-4H2,1-2H3;1-2H3. The van der Waals surface area contributed by atoms with Gasteiger partial charge < -0.3 is 19.6 Å². The number of aryl methyl sites for hydroxylation is 3. The summed E-state index contributed by atoms with van der Waals surface area (Å²) in [7, 11) is 2.02. The summed E-state index contributed by atoms with van der Waals surface area (Å²) < 4.78 is 2.05. The first-order chi connectivity index (χ1) is 17.4. The fraction of sp³-hybridized carbons (Fsp3) is 0.567. The van der Waals surface area contributed by atoms with E-state index < -0.39 is 0 Å². The van der Waals surface area contributed by atoms with Crippen molar-refractivity contribution in [2.45, 2.75) is 80.6 Å². The maximum atomic E-state index is 10.0. The largest absolute Gasteiger partial charge is 0.369 e. The average Bonchev–Trinajstić information content (AvgIpc) is 3.29. The third-order valence-electron chi connectivity index (χ3n) is 6.05. The molecule has 0 radical (unpaired) electrons. The van der Waals surface area contributed by atoms with E-state index in [2.05, 4.69) is 69.9 Å². The molecule has 0 spiro atoms. The van der Waals surface area contributed by atoms with Gasteiger partial charge in [-0.1, -0.05) is 41.0 Å². The molecule has 0 atom stereocenters. The number of ketones is 1. The van der Waals surface area contributed by atoms with Crippen molar-refractivity contribution in [3.8, 4) is 0 Å². The topological polar surface area (TPSA) is 63.1 Å². The number of piperazine rings is 1. The van der Waals surface area contributed by atoms with Gasteiger partial charge in [0.15, 0.2) is 0 Å². The molecule has 3 aromatic rings. The molecule has 4 rings (SSSR count). The fourth-order valence-corrected chi connectivity index (χ4v) is 4.23. The van der Waals surface area contributed by atoms with E-state index in [9.17, 15) is 4.79 Å². The molecule has 0 bridgehead atoms. The summed E-state index contributed by atoms with van der Waals surface area (Å²) in [4.78, 5) is 21.2. The van der Waals surface area contributed by atoms with E-state index in [1.54, 1.807) is 6.92 Å². The molecule has 200 valence electrons. The van der Waals surface area contributed by atoms with Gasteiger partial charge in [0.2, 0.25) is 0 Å². The molecule has 1 saturated heterocycles. The highest BCUT2D eigenvalue weighted by Crippen LogP contribution is 2.24. The van der Waals surface area contributed by atoms with E-state index in [4.69, 9.17) is 0 Å². The molecule has 6 nitrogen and oxygen atoms in total. The summed E-state index contributed by atoms with van der Waals surface area (Å²) in [6.45, 7) is 18.5. The summed E-state index contributed by atoms with van der Waals surface area (Å²) in [6, 6.07) is 6.38. The van der Waals surface area contributed by atoms with E-state index in [1.165, 1.54) is 34.3 Å². The van der Waals surface area contributed by atoms with Crippen LogP contribution >= 0.6 is 0 Å². The highest BCUT2D eigenvalue weighted by Gasteiger charge is 2.15. The number of nitrogens with one attached hydrogen (secondary N) is 1. The zero-order valence-corrected chi connectivity index (χ0v) is 24.0. The van der Waals surface area contributed by atoms with Gasteiger partial charge in [-0.15, -0.1) is 0 Å². The predicted octanol–water partition coefficient (Wildman–Crippen LogP) is 6.29. The van der Waals surface area contributed by atoms with Crippen LogP contribution < -0.4 is 10.2 Å². The van der Waals surface area contributed by atoms with Gasteiger partial charge in [0.1, 0.15) is 11.4 Å². The quantitative estimate of drug-likeness (QED) is 0.435. The van der Waals surface area contributed by atoms with Crippen molar-refractivity contribution in [1.82, 2.24) is 19.9 Å². The monoisotopic (exact) mass is 495 g/mol. The Hall–Kier alpha value is -2.73. The third kappa shape index (κ3) is 9.73. The Morgan fingerprint density at radius 3 is 2.22 bits per heavy atom. The van der Waals surface area contributed by atoms with Crippen LogP contribution in [0.25, 0.3) is 11.0 Å². The van der Waals surface area contributed by atoms with Crippen molar-refractivity contribution in [3.63, 3.8) is 0 Å². The Morgan fingerprint density at radius 1 is 1.00 bits per heavy atom. The Morgan fingerprint density at radius 2 is 1.67 bits per heavy atom. The molecule has 0 unspecified atom stereocenters. The molecule has 1 N–H and O–H groups in total. The fourth-order valence-electron chi connectivity index (χ4n) is 4.23. The smallest absolute Gasteiger partial charge is 0.139 e. The molecular weight excluding hydrogens is 446 g/mol. The molecule has 0 aromatic carbocycles. The zero-order valence-electron chi connectivity index (χ0n) is 24.0. The number of pyridine rings is 2. The summed E-state index contributed by atoms with van der Waals surface area (Å²) in [5.41, 5.74) is 6.48. The number of nitrogens with zero attached hydrogens (tertiary/aromatic N) is 4. The van der Waals surface area contributed by atoms with Crippen LogP contribution in [0.3, 0.4) is 0 Å². The Kier molecular flexibility index (Phi) is 15.4. The van der Waals surface area contributed by atoms with Crippen molar-refractivity contribution in [2.75, 3.05) is 31.1 Å². The van der Waals surface area contributed by atoms with Crippen molar-refractivity contribution in [2.24, 2.45) is 7.05 Å². The minimum atomic E-state index is 0.289. The summed E-state index contributed by atoms with van der Waals surface area (Å²) >= 11 is 0. The van der Waals surface area contributed by atoms with Gasteiger partial charge in [0.25, 0.3) is 0 Å². The second-order valence-electron chi connectivity index (χ2n) is 8.82. The second-order valence-corrected chi connectivity index (χ2v) is 8.82. The lowest BCUT2D eigenvalue weighted by atomic mass is 10.1. The summed E-state index contributed by atoms with van der Waals surface area (Å²) in [5, 5.41) is 4.67. The summed E-state index contributed by atoms with van der Waals surface area (Å²) in [6.07, 6.45) is 11.0. The number of aromatic nitrogens is 3. The van der Waals surface area contributed by atoms with Gasteiger partial charge in [-0.3, -0.25) is 4.98 Å². The lowest BCUT2D eigenvalue weighted by Crippen LogP contribution is -2.44. The number of hydrogen-bond donors (Lipinski definition) is 1. The van der Waals surface area contributed by atoms with Crippen LogP contribution in [0.2, 0.25) is 0 Å². The molecule has 0 amide bonds. The SMILES string of the molecule is CC.CCCC(C)=O.CCCc1c(N2CCNCC2)ccnc1C.CCc1ccnc2c1ccn2C.